The summed E-state index contributed by atoms with van der Waals surface area (Å²) in [6, 6.07) is 0.104. The molecule has 0 aliphatic rings. The molecule has 0 fully saturated rings. The minimum Gasteiger partial charge on any atom is -0.475 e. The van der Waals surface area contributed by atoms with Gasteiger partial charge in [0.15, 0.2) is 0 Å². The maximum atomic E-state index is 10.9. The molecule has 0 unspecified atom stereocenters. The van der Waals surface area contributed by atoms with Crippen LogP contribution in [0.15, 0.2) is 6.20 Å². The van der Waals surface area contributed by atoms with E-state index < -0.39 is 5.97 Å². The lowest BCUT2D eigenvalue weighted by Gasteiger charge is -2.13. The maximum absolute atomic E-state index is 10.9. The Morgan fingerprint density at radius 2 is 2.33 bits per heavy atom. The molecular weight excluding hydrogens is 194 g/mol. The minimum atomic E-state index is -0.980. The summed E-state index contributed by atoms with van der Waals surface area (Å²) in [5.41, 5.74) is 0.907. The summed E-state index contributed by atoms with van der Waals surface area (Å²) < 4.78 is 1.74. The second kappa shape index (κ2) is 4.93. The molecule has 0 spiro atoms. The molecule has 0 radical (unpaired) electrons. The Bertz CT molecular complexity index is 344. The van der Waals surface area contributed by atoms with E-state index in [1.165, 1.54) is 0 Å². The summed E-state index contributed by atoms with van der Waals surface area (Å²) in [5.74, 6) is -0.871. The summed E-state index contributed by atoms with van der Waals surface area (Å²) in [6.45, 7) is 7.40. The fourth-order valence-corrected chi connectivity index (χ4v) is 1.51. The van der Waals surface area contributed by atoms with E-state index in [1.54, 1.807) is 10.8 Å². The molecule has 0 saturated heterocycles. The van der Waals surface area contributed by atoms with Crippen LogP contribution in [0.3, 0.4) is 0 Å². The fourth-order valence-electron chi connectivity index (χ4n) is 1.51. The van der Waals surface area contributed by atoms with E-state index in [0.717, 1.165) is 12.2 Å². The van der Waals surface area contributed by atoms with Crippen molar-refractivity contribution in [1.29, 1.82) is 0 Å². The smallest absolute Gasteiger partial charge is 0.372 e. The molecule has 1 aromatic rings. The number of hydrogen-bond acceptors (Lipinski definition) is 3. The number of nitrogens with zero attached hydrogens (tertiary/aromatic N) is 2. The monoisotopic (exact) mass is 211 g/mol. The SMILES string of the molecule is CCNCc1cnc(C(=O)O)n1C(C)C. The van der Waals surface area contributed by atoms with Crippen molar-refractivity contribution in [3.63, 3.8) is 0 Å². The van der Waals surface area contributed by atoms with Crippen LogP contribution in [-0.2, 0) is 6.54 Å². The van der Waals surface area contributed by atoms with Gasteiger partial charge in [0.1, 0.15) is 0 Å². The number of nitrogens with one attached hydrogen (secondary N) is 1. The molecule has 84 valence electrons. The zero-order chi connectivity index (χ0) is 11.4. The summed E-state index contributed by atoms with van der Waals surface area (Å²) in [5, 5.41) is 12.1. The Hall–Kier alpha value is -1.36. The lowest BCUT2D eigenvalue weighted by molar-refractivity contribution is 0.0676. The number of carboxylic acids is 1. The van der Waals surface area contributed by atoms with Crippen molar-refractivity contribution in [3.8, 4) is 0 Å². The highest BCUT2D eigenvalue weighted by Gasteiger charge is 2.17. The van der Waals surface area contributed by atoms with Gasteiger partial charge >= 0.3 is 5.97 Å². The van der Waals surface area contributed by atoms with Gasteiger partial charge in [-0.15, -0.1) is 0 Å². The average Bonchev–Trinajstić information content (AvgIpc) is 2.58. The van der Waals surface area contributed by atoms with Gasteiger partial charge in [0.2, 0.25) is 5.82 Å². The van der Waals surface area contributed by atoms with Crippen LogP contribution in [0.2, 0.25) is 0 Å². The van der Waals surface area contributed by atoms with Gasteiger partial charge in [-0.2, -0.15) is 0 Å². The van der Waals surface area contributed by atoms with E-state index in [1.807, 2.05) is 20.8 Å². The second-order valence-electron chi connectivity index (χ2n) is 3.62. The predicted octanol–water partition coefficient (Wildman–Crippen LogP) is 1.27. The van der Waals surface area contributed by atoms with Crippen LogP contribution in [0.4, 0.5) is 0 Å². The van der Waals surface area contributed by atoms with Crippen molar-refractivity contribution >= 4 is 5.97 Å². The van der Waals surface area contributed by atoms with Crippen LogP contribution in [0.1, 0.15) is 43.1 Å². The largest absolute Gasteiger partial charge is 0.475 e. The molecule has 0 bridgehead atoms. The maximum Gasteiger partial charge on any atom is 0.372 e. The number of rotatable bonds is 5. The first-order valence-electron chi connectivity index (χ1n) is 5.08. The molecule has 0 aliphatic carbocycles. The molecule has 1 aromatic heterocycles. The normalized spacial score (nSPS) is 10.9. The third-order valence-electron chi connectivity index (χ3n) is 2.14. The van der Waals surface area contributed by atoms with E-state index in [0.29, 0.717) is 6.54 Å². The highest BCUT2D eigenvalue weighted by Crippen LogP contribution is 2.13. The van der Waals surface area contributed by atoms with Crippen LogP contribution >= 0.6 is 0 Å². The van der Waals surface area contributed by atoms with Crippen LogP contribution in [0.25, 0.3) is 0 Å². The number of carboxylic acid groups (broad SMARTS) is 1. The van der Waals surface area contributed by atoms with Gasteiger partial charge in [-0.25, -0.2) is 9.78 Å². The Labute approximate surface area is 89.1 Å². The molecule has 15 heavy (non-hydrogen) atoms. The topological polar surface area (TPSA) is 67.2 Å². The first-order chi connectivity index (χ1) is 7.07. The first kappa shape index (κ1) is 11.7. The number of aromatic carboxylic acids is 1. The van der Waals surface area contributed by atoms with Gasteiger partial charge in [0.25, 0.3) is 0 Å². The van der Waals surface area contributed by atoms with E-state index in [2.05, 4.69) is 10.3 Å². The second-order valence-corrected chi connectivity index (χ2v) is 3.62. The highest BCUT2D eigenvalue weighted by molar-refractivity contribution is 5.83. The number of carbonyl (C=O) groups is 1. The Balaban J connectivity index is 3.01. The van der Waals surface area contributed by atoms with Gasteiger partial charge < -0.3 is 15.0 Å². The van der Waals surface area contributed by atoms with Gasteiger partial charge in [-0.3, -0.25) is 0 Å². The average molecular weight is 211 g/mol. The summed E-state index contributed by atoms with van der Waals surface area (Å²) in [4.78, 5) is 14.8. The van der Waals surface area contributed by atoms with Crippen LogP contribution < -0.4 is 5.32 Å². The lowest BCUT2D eigenvalue weighted by atomic mass is 10.3. The molecule has 0 amide bonds. The van der Waals surface area contributed by atoms with E-state index >= 15 is 0 Å². The predicted molar refractivity (Wildman–Crippen MR) is 57.0 cm³/mol. The molecule has 5 heteroatoms. The Morgan fingerprint density at radius 1 is 1.67 bits per heavy atom. The standard InChI is InChI=1S/C10H17N3O2/c1-4-11-5-8-6-12-9(10(14)15)13(8)7(2)3/h6-7,11H,4-5H2,1-3H3,(H,14,15). The highest BCUT2D eigenvalue weighted by atomic mass is 16.4. The Kier molecular flexibility index (Phi) is 3.85. The van der Waals surface area contributed by atoms with Crippen molar-refractivity contribution in [3.05, 3.63) is 17.7 Å². The molecule has 1 rings (SSSR count). The molecule has 2 N–H and O–H groups in total. The van der Waals surface area contributed by atoms with Crippen molar-refractivity contribution in [2.45, 2.75) is 33.4 Å². The van der Waals surface area contributed by atoms with E-state index in [9.17, 15) is 4.79 Å². The summed E-state index contributed by atoms with van der Waals surface area (Å²) >= 11 is 0. The molecule has 5 nitrogen and oxygen atoms in total. The van der Waals surface area contributed by atoms with E-state index in [-0.39, 0.29) is 11.9 Å². The fraction of sp³-hybridized carbons (Fsp3) is 0.600. The Morgan fingerprint density at radius 3 is 2.80 bits per heavy atom. The number of hydrogen-bond donors (Lipinski definition) is 2. The van der Waals surface area contributed by atoms with Crippen LogP contribution in [0, 0.1) is 0 Å². The molecule has 0 saturated carbocycles. The lowest BCUT2D eigenvalue weighted by Crippen LogP contribution is -2.19. The van der Waals surface area contributed by atoms with Gasteiger partial charge in [-0.05, 0) is 20.4 Å². The third kappa shape index (κ3) is 2.56. The molecule has 1 heterocycles. The number of imidazole rings is 1. The first-order valence-corrected chi connectivity index (χ1v) is 5.08. The van der Waals surface area contributed by atoms with E-state index in [4.69, 9.17) is 5.11 Å². The van der Waals surface area contributed by atoms with Crippen LogP contribution in [0.5, 0.6) is 0 Å². The van der Waals surface area contributed by atoms with Crippen molar-refractivity contribution in [1.82, 2.24) is 14.9 Å². The van der Waals surface area contributed by atoms with Crippen molar-refractivity contribution in [2.75, 3.05) is 6.54 Å². The quantitative estimate of drug-likeness (QED) is 0.769. The van der Waals surface area contributed by atoms with Gasteiger partial charge in [0, 0.05) is 12.6 Å². The minimum absolute atomic E-state index is 0.104. The molecule has 0 aliphatic heterocycles. The zero-order valence-corrected chi connectivity index (χ0v) is 9.32. The van der Waals surface area contributed by atoms with Crippen molar-refractivity contribution in [2.24, 2.45) is 0 Å². The summed E-state index contributed by atoms with van der Waals surface area (Å²) in [6.07, 6.45) is 1.62. The molecular formula is C10H17N3O2. The molecule has 0 aromatic carbocycles. The number of aromatic nitrogens is 2. The van der Waals surface area contributed by atoms with Gasteiger partial charge in [-0.1, -0.05) is 6.92 Å². The van der Waals surface area contributed by atoms with Gasteiger partial charge in [0.05, 0.1) is 11.9 Å². The zero-order valence-electron chi connectivity index (χ0n) is 9.32. The third-order valence-corrected chi connectivity index (χ3v) is 2.14. The summed E-state index contributed by atoms with van der Waals surface area (Å²) in [7, 11) is 0. The molecule has 0 atom stereocenters. The van der Waals surface area contributed by atoms with Crippen molar-refractivity contribution < 1.29 is 9.90 Å². The van der Waals surface area contributed by atoms with Crippen LogP contribution in [-0.4, -0.2) is 27.2 Å².